The highest BCUT2D eigenvalue weighted by Crippen LogP contribution is 2.27. The van der Waals surface area contributed by atoms with Gasteiger partial charge >= 0.3 is 0 Å². The largest absolute Gasteiger partial charge is 0.492 e. The molecule has 2 N–H and O–H groups in total. The zero-order chi connectivity index (χ0) is 14.8. The molecule has 4 nitrogen and oxygen atoms in total. The highest BCUT2D eigenvalue weighted by molar-refractivity contribution is 6.35. The summed E-state index contributed by atoms with van der Waals surface area (Å²) in [5, 5.41) is 6.94. The van der Waals surface area contributed by atoms with E-state index in [4.69, 9.17) is 27.9 Å². The molecule has 0 unspecified atom stereocenters. The van der Waals surface area contributed by atoms with Gasteiger partial charge in [0, 0.05) is 18.0 Å². The van der Waals surface area contributed by atoms with E-state index in [0.29, 0.717) is 41.8 Å². The number of hydrogen-bond acceptors (Lipinski definition) is 3. The fourth-order valence-electron chi connectivity index (χ4n) is 1.59. The fourth-order valence-corrected chi connectivity index (χ4v) is 2.05. The molecular weight excluding hydrogens is 299 g/mol. The van der Waals surface area contributed by atoms with Gasteiger partial charge in [-0.2, -0.15) is 0 Å². The highest BCUT2D eigenvalue weighted by atomic mass is 35.5. The number of benzene rings is 1. The van der Waals surface area contributed by atoms with Crippen LogP contribution in [-0.2, 0) is 4.79 Å². The summed E-state index contributed by atoms with van der Waals surface area (Å²) in [6, 6.07) is 5.08. The van der Waals surface area contributed by atoms with Crippen LogP contribution < -0.4 is 15.4 Å². The number of carbonyl (C=O) groups is 1. The number of amides is 1. The van der Waals surface area contributed by atoms with Crippen molar-refractivity contribution in [2.45, 2.75) is 19.3 Å². The van der Waals surface area contributed by atoms with Crippen molar-refractivity contribution in [3.05, 3.63) is 28.2 Å². The standard InChI is InChI=1S/C14H20Cl2N2O2/c1-17-7-3-8-18-14(19)4-2-9-20-13-6-5-11(15)10-12(13)16/h5-6,10,17H,2-4,7-9H2,1H3,(H,18,19). The second kappa shape index (κ2) is 9.86. The van der Waals surface area contributed by atoms with Crippen LogP contribution in [0.1, 0.15) is 19.3 Å². The van der Waals surface area contributed by atoms with Gasteiger partial charge < -0.3 is 15.4 Å². The maximum absolute atomic E-state index is 11.5. The topological polar surface area (TPSA) is 50.4 Å². The lowest BCUT2D eigenvalue weighted by Crippen LogP contribution is -2.26. The van der Waals surface area contributed by atoms with Crippen molar-refractivity contribution in [3.8, 4) is 5.75 Å². The first kappa shape index (κ1) is 17.1. The summed E-state index contributed by atoms with van der Waals surface area (Å²) in [5.74, 6) is 0.636. The molecule has 0 spiro atoms. The molecule has 0 aliphatic rings. The lowest BCUT2D eigenvalue weighted by Gasteiger charge is -2.08. The van der Waals surface area contributed by atoms with E-state index in [-0.39, 0.29) is 5.91 Å². The van der Waals surface area contributed by atoms with Crippen LogP contribution in [0.4, 0.5) is 0 Å². The lowest BCUT2D eigenvalue weighted by molar-refractivity contribution is -0.121. The van der Waals surface area contributed by atoms with Gasteiger partial charge in [0.1, 0.15) is 5.75 Å². The number of carbonyl (C=O) groups excluding carboxylic acids is 1. The number of ether oxygens (including phenoxy) is 1. The molecule has 0 saturated carbocycles. The predicted molar refractivity (Wildman–Crippen MR) is 82.7 cm³/mol. The lowest BCUT2D eigenvalue weighted by atomic mass is 10.3. The summed E-state index contributed by atoms with van der Waals surface area (Å²) in [6.07, 6.45) is 2.03. The van der Waals surface area contributed by atoms with Crippen molar-refractivity contribution in [2.75, 3.05) is 26.7 Å². The second-order valence-corrected chi connectivity index (χ2v) is 5.18. The molecule has 20 heavy (non-hydrogen) atoms. The summed E-state index contributed by atoms with van der Waals surface area (Å²) in [5.41, 5.74) is 0. The molecule has 1 amide bonds. The van der Waals surface area contributed by atoms with Crippen LogP contribution in [0.2, 0.25) is 10.0 Å². The minimum atomic E-state index is 0.0481. The maximum Gasteiger partial charge on any atom is 0.220 e. The Hall–Kier alpha value is -0.970. The van der Waals surface area contributed by atoms with Crippen LogP contribution >= 0.6 is 23.2 Å². The normalized spacial score (nSPS) is 10.3. The average Bonchev–Trinajstić information content (AvgIpc) is 2.41. The Morgan fingerprint density at radius 2 is 2.05 bits per heavy atom. The molecule has 112 valence electrons. The van der Waals surface area contributed by atoms with Crippen molar-refractivity contribution in [2.24, 2.45) is 0 Å². The van der Waals surface area contributed by atoms with Gasteiger partial charge in [-0.05, 0) is 44.6 Å². The first-order chi connectivity index (χ1) is 9.63. The molecule has 1 rings (SSSR count). The Morgan fingerprint density at radius 1 is 1.25 bits per heavy atom. The summed E-state index contributed by atoms with van der Waals surface area (Å²) in [6.45, 7) is 2.05. The minimum Gasteiger partial charge on any atom is -0.492 e. The van der Waals surface area contributed by atoms with Crippen LogP contribution in [0, 0.1) is 0 Å². The molecule has 0 fully saturated rings. The van der Waals surface area contributed by atoms with Gasteiger partial charge in [-0.1, -0.05) is 23.2 Å². The molecule has 0 heterocycles. The van der Waals surface area contributed by atoms with E-state index in [1.807, 2.05) is 7.05 Å². The van der Waals surface area contributed by atoms with Crippen LogP contribution in [0.15, 0.2) is 18.2 Å². The van der Waals surface area contributed by atoms with E-state index in [1.54, 1.807) is 18.2 Å². The summed E-state index contributed by atoms with van der Waals surface area (Å²) in [4.78, 5) is 11.5. The smallest absolute Gasteiger partial charge is 0.220 e. The molecule has 0 atom stereocenters. The molecule has 1 aromatic carbocycles. The zero-order valence-corrected chi connectivity index (χ0v) is 13.1. The number of halogens is 2. The molecule has 0 radical (unpaired) electrons. The Balaban J connectivity index is 2.13. The minimum absolute atomic E-state index is 0.0481. The molecule has 0 bridgehead atoms. The average molecular weight is 319 g/mol. The zero-order valence-electron chi connectivity index (χ0n) is 11.5. The Bertz CT molecular complexity index is 428. The van der Waals surface area contributed by atoms with E-state index in [0.717, 1.165) is 13.0 Å². The van der Waals surface area contributed by atoms with Crippen molar-refractivity contribution in [1.29, 1.82) is 0 Å². The van der Waals surface area contributed by atoms with Gasteiger partial charge in [0.2, 0.25) is 5.91 Å². The van der Waals surface area contributed by atoms with Crippen molar-refractivity contribution >= 4 is 29.1 Å². The van der Waals surface area contributed by atoms with E-state index >= 15 is 0 Å². The Kier molecular flexibility index (Phi) is 8.42. The third kappa shape index (κ3) is 6.98. The molecule has 0 saturated heterocycles. The molecule has 0 aliphatic heterocycles. The van der Waals surface area contributed by atoms with Crippen LogP contribution in [-0.4, -0.2) is 32.7 Å². The van der Waals surface area contributed by atoms with Crippen molar-refractivity contribution < 1.29 is 9.53 Å². The van der Waals surface area contributed by atoms with E-state index < -0.39 is 0 Å². The monoisotopic (exact) mass is 318 g/mol. The SMILES string of the molecule is CNCCCNC(=O)CCCOc1ccc(Cl)cc1Cl. The summed E-state index contributed by atoms with van der Waals surface area (Å²) in [7, 11) is 1.89. The van der Waals surface area contributed by atoms with E-state index in [1.165, 1.54) is 0 Å². The summed E-state index contributed by atoms with van der Waals surface area (Å²) < 4.78 is 5.50. The first-order valence-corrected chi connectivity index (χ1v) is 7.38. The Morgan fingerprint density at radius 3 is 2.75 bits per heavy atom. The number of hydrogen-bond donors (Lipinski definition) is 2. The van der Waals surface area contributed by atoms with Crippen molar-refractivity contribution in [3.63, 3.8) is 0 Å². The quantitative estimate of drug-likeness (QED) is 0.688. The third-order valence-electron chi connectivity index (χ3n) is 2.63. The van der Waals surface area contributed by atoms with Gasteiger partial charge in [0.15, 0.2) is 0 Å². The van der Waals surface area contributed by atoms with Gasteiger partial charge in [-0.3, -0.25) is 4.79 Å². The molecular formula is C14H20Cl2N2O2. The molecule has 0 aliphatic carbocycles. The predicted octanol–water partition coefficient (Wildman–Crippen LogP) is 2.88. The van der Waals surface area contributed by atoms with Crippen LogP contribution in [0.3, 0.4) is 0 Å². The number of rotatable bonds is 9. The first-order valence-electron chi connectivity index (χ1n) is 6.62. The van der Waals surface area contributed by atoms with Crippen LogP contribution in [0.5, 0.6) is 5.75 Å². The van der Waals surface area contributed by atoms with Gasteiger partial charge in [0.25, 0.3) is 0 Å². The third-order valence-corrected chi connectivity index (χ3v) is 3.16. The highest BCUT2D eigenvalue weighted by Gasteiger charge is 2.04. The van der Waals surface area contributed by atoms with E-state index in [9.17, 15) is 4.79 Å². The summed E-state index contributed by atoms with van der Waals surface area (Å²) >= 11 is 11.8. The van der Waals surface area contributed by atoms with Crippen LogP contribution in [0.25, 0.3) is 0 Å². The molecule has 1 aromatic rings. The maximum atomic E-state index is 11.5. The number of nitrogens with one attached hydrogen (secondary N) is 2. The van der Waals surface area contributed by atoms with Crippen molar-refractivity contribution in [1.82, 2.24) is 10.6 Å². The van der Waals surface area contributed by atoms with Gasteiger partial charge in [0.05, 0.1) is 11.6 Å². The van der Waals surface area contributed by atoms with Gasteiger partial charge in [-0.25, -0.2) is 0 Å². The molecule has 0 aromatic heterocycles. The van der Waals surface area contributed by atoms with Gasteiger partial charge in [-0.15, -0.1) is 0 Å². The van der Waals surface area contributed by atoms with E-state index in [2.05, 4.69) is 10.6 Å². The molecule has 6 heteroatoms. The second-order valence-electron chi connectivity index (χ2n) is 4.33. The Labute approximate surface area is 129 Å². The fraction of sp³-hybridized carbons (Fsp3) is 0.500.